The van der Waals surface area contributed by atoms with E-state index in [1.54, 1.807) is 35.2 Å². The molecule has 2 aromatic rings. The molecule has 1 saturated heterocycles. The van der Waals surface area contributed by atoms with Gasteiger partial charge < -0.3 is 19.1 Å². The fourth-order valence-corrected chi connectivity index (χ4v) is 2.98. The van der Waals surface area contributed by atoms with Gasteiger partial charge in [0.1, 0.15) is 24.3 Å². The van der Waals surface area contributed by atoms with Gasteiger partial charge in [-0.25, -0.2) is 4.39 Å². The van der Waals surface area contributed by atoms with Gasteiger partial charge >= 0.3 is 0 Å². The molecule has 1 aliphatic heterocycles. The molecule has 0 spiro atoms. The van der Waals surface area contributed by atoms with Crippen molar-refractivity contribution in [1.82, 2.24) is 4.90 Å². The number of nitrogens with zero attached hydrogens (tertiary/aromatic N) is 1. The number of ether oxygens (including phenoxy) is 3. The molecule has 1 aliphatic rings. The van der Waals surface area contributed by atoms with Gasteiger partial charge in [-0.2, -0.15) is 0 Å². The lowest BCUT2D eigenvalue weighted by Gasteiger charge is -2.33. The maximum absolute atomic E-state index is 13.1. The Labute approximate surface area is 158 Å². The molecule has 0 radical (unpaired) electrons. The van der Waals surface area contributed by atoms with Crippen LogP contribution in [0.25, 0.3) is 0 Å². The van der Waals surface area contributed by atoms with Gasteiger partial charge in [0.05, 0.1) is 19.8 Å². The van der Waals surface area contributed by atoms with Crippen LogP contribution in [-0.4, -0.2) is 50.3 Å². The standard InChI is InChI=1S/C21H24FNO4/c1-2-25-12-13-26-19-5-3-4-17(14-19)21(24)23-10-11-27-20(15-23)16-6-8-18(22)9-7-16/h3-9,14,20H,2,10-13,15H2,1H3/t20-/m0/s1. The van der Waals surface area contributed by atoms with Crippen molar-refractivity contribution in [2.24, 2.45) is 0 Å². The number of halogens is 1. The second-order valence-electron chi connectivity index (χ2n) is 6.24. The van der Waals surface area contributed by atoms with Crippen molar-refractivity contribution in [1.29, 1.82) is 0 Å². The Kier molecular flexibility index (Phi) is 6.79. The molecular weight excluding hydrogens is 349 g/mol. The van der Waals surface area contributed by atoms with Crippen LogP contribution in [-0.2, 0) is 9.47 Å². The molecule has 1 atom stereocenters. The summed E-state index contributed by atoms with van der Waals surface area (Å²) in [7, 11) is 0. The molecule has 0 aliphatic carbocycles. The summed E-state index contributed by atoms with van der Waals surface area (Å²) in [6.45, 7) is 4.92. The largest absolute Gasteiger partial charge is 0.491 e. The van der Waals surface area contributed by atoms with E-state index in [4.69, 9.17) is 14.2 Å². The minimum Gasteiger partial charge on any atom is -0.491 e. The highest BCUT2D eigenvalue weighted by atomic mass is 19.1. The molecule has 2 aromatic carbocycles. The number of carbonyl (C=O) groups is 1. The molecule has 0 aromatic heterocycles. The third-order valence-electron chi connectivity index (χ3n) is 4.38. The molecule has 0 unspecified atom stereocenters. The van der Waals surface area contributed by atoms with Crippen molar-refractivity contribution in [2.45, 2.75) is 13.0 Å². The fourth-order valence-electron chi connectivity index (χ4n) is 2.98. The third-order valence-corrected chi connectivity index (χ3v) is 4.38. The highest BCUT2D eigenvalue weighted by molar-refractivity contribution is 5.94. The van der Waals surface area contributed by atoms with Crippen LogP contribution in [0.15, 0.2) is 48.5 Å². The Morgan fingerprint density at radius 3 is 2.81 bits per heavy atom. The zero-order chi connectivity index (χ0) is 19.1. The minimum atomic E-state index is -0.288. The lowest BCUT2D eigenvalue weighted by molar-refractivity contribution is -0.0228. The molecule has 6 heteroatoms. The monoisotopic (exact) mass is 373 g/mol. The van der Waals surface area contributed by atoms with E-state index in [9.17, 15) is 9.18 Å². The number of hydrogen-bond donors (Lipinski definition) is 0. The van der Waals surface area contributed by atoms with Gasteiger partial charge in [-0.15, -0.1) is 0 Å². The van der Waals surface area contributed by atoms with E-state index in [1.165, 1.54) is 12.1 Å². The summed E-state index contributed by atoms with van der Waals surface area (Å²) < 4.78 is 29.8. The van der Waals surface area contributed by atoms with Crippen LogP contribution in [0.5, 0.6) is 5.75 Å². The number of rotatable bonds is 7. The fraction of sp³-hybridized carbons (Fsp3) is 0.381. The predicted molar refractivity (Wildman–Crippen MR) is 99.4 cm³/mol. The van der Waals surface area contributed by atoms with Gasteiger partial charge in [0.15, 0.2) is 0 Å². The Morgan fingerprint density at radius 2 is 2.04 bits per heavy atom. The molecule has 0 bridgehead atoms. The molecule has 5 nitrogen and oxygen atoms in total. The lowest BCUT2D eigenvalue weighted by Crippen LogP contribution is -2.42. The van der Waals surface area contributed by atoms with Gasteiger partial charge in [0.2, 0.25) is 0 Å². The smallest absolute Gasteiger partial charge is 0.254 e. The zero-order valence-electron chi connectivity index (χ0n) is 15.4. The zero-order valence-corrected chi connectivity index (χ0v) is 15.4. The maximum atomic E-state index is 13.1. The van der Waals surface area contributed by atoms with E-state index < -0.39 is 0 Å². The van der Waals surface area contributed by atoms with E-state index in [1.807, 2.05) is 13.0 Å². The first-order valence-electron chi connectivity index (χ1n) is 9.14. The average molecular weight is 373 g/mol. The average Bonchev–Trinajstić information content (AvgIpc) is 2.71. The number of amides is 1. The first-order valence-corrected chi connectivity index (χ1v) is 9.14. The number of morpholine rings is 1. The lowest BCUT2D eigenvalue weighted by atomic mass is 10.1. The Balaban J connectivity index is 1.63. The van der Waals surface area contributed by atoms with Crippen molar-refractivity contribution in [2.75, 3.05) is 39.5 Å². The van der Waals surface area contributed by atoms with Crippen molar-refractivity contribution in [3.8, 4) is 5.75 Å². The third kappa shape index (κ3) is 5.28. The van der Waals surface area contributed by atoms with Crippen molar-refractivity contribution in [3.63, 3.8) is 0 Å². The summed E-state index contributed by atoms with van der Waals surface area (Å²) in [6, 6.07) is 13.4. The normalized spacial score (nSPS) is 17.0. The summed E-state index contributed by atoms with van der Waals surface area (Å²) in [5, 5.41) is 0. The maximum Gasteiger partial charge on any atom is 0.254 e. The summed E-state index contributed by atoms with van der Waals surface area (Å²) in [6.07, 6.45) is -0.256. The SMILES string of the molecule is CCOCCOc1cccc(C(=O)N2CCO[C@H](c3ccc(F)cc3)C2)c1. The highest BCUT2D eigenvalue weighted by Gasteiger charge is 2.26. The molecule has 0 N–H and O–H groups in total. The van der Waals surface area contributed by atoms with Crippen molar-refractivity contribution >= 4 is 5.91 Å². The Bertz CT molecular complexity index is 750. The first-order chi connectivity index (χ1) is 13.2. The van der Waals surface area contributed by atoms with E-state index in [-0.39, 0.29) is 17.8 Å². The second kappa shape index (κ2) is 9.48. The quantitative estimate of drug-likeness (QED) is 0.698. The topological polar surface area (TPSA) is 48.0 Å². The van der Waals surface area contributed by atoms with Crippen molar-refractivity contribution < 1.29 is 23.4 Å². The van der Waals surface area contributed by atoms with Crippen molar-refractivity contribution in [3.05, 3.63) is 65.5 Å². The van der Waals surface area contributed by atoms with Crippen LogP contribution in [0, 0.1) is 5.82 Å². The van der Waals surface area contributed by atoms with E-state index in [0.717, 1.165) is 5.56 Å². The first kappa shape index (κ1) is 19.3. The summed E-state index contributed by atoms with van der Waals surface area (Å²) in [5.41, 5.74) is 1.44. The van der Waals surface area contributed by atoms with Crippen LogP contribution in [0.3, 0.4) is 0 Å². The van der Waals surface area contributed by atoms with Gasteiger partial charge in [-0.1, -0.05) is 18.2 Å². The van der Waals surface area contributed by atoms with E-state index in [0.29, 0.717) is 50.8 Å². The van der Waals surface area contributed by atoms with Gasteiger partial charge in [0.25, 0.3) is 5.91 Å². The molecular formula is C21H24FNO4. The van der Waals surface area contributed by atoms with Crippen LogP contribution < -0.4 is 4.74 Å². The van der Waals surface area contributed by atoms with Crippen LogP contribution in [0.4, 0.5) is 4.39 Å². The summed E-state index contributed by atoms with van der Waals surface area (Å²) in [5.74, 6) is 0.285. The van der Waals surface area contributed by atoms with E-state index in [2.05, 4.69) is 0 Å². The highest BCUT2D eigenvalue weighted by Crippen LogP contribution is 2.24. The number of hydrogen-bond acceptors (Lipinski definition) is 4. The van der Waals surface area contributed by atoms with Gasteiger partial charge in [-0.3, -0.25) is 4.79 Å². The van der Waals surface area contributed by atoms with Crippen LogP contribution in [0.2, 0.25) is 0 Å². The molecule has 27 heavy (non-hydrogen) atoms. The molecule has 1 amide bonds. The molecule has 3 rings (SSSR count). The summed E-state index contributed by atoms with van der Waals surface area (Å²) >= 11 is 0. The van der Waals surface area contributed by atoms with Gasteiger partial charge in [-0.05, 0) is 42.8 Å². The van der Waals surface area contributed by atoms with Crippen LogP contribution >= 0.6 is 0 Å². The second-order valence-corrected chi connectivity index (χ2v) is 6.24. The Morgan fingerprint density at radius 1 is 1.22 bits per heavy atom. The molecule has 144 valence electrons. The molecule has 0 saturated carbocycles. The van der Waals surface area contributed by atoms with E-state index >= 15 is 0 Å². The molecule has 1 heterocycles. The summed E-state index contributed by atoms with van der Waals surface area (Å²) in [4.78, 5) is 14.7. The van der Waals surface area contributed by atoms with Crippen LogP contribution in [0.1, 0.15) is 28.9 Å². The minimum absolute atomic E-state index is 0.0688. The predicted octanol–water partition coefficient (Wildman–Crippen LogP) is 3.45. The number of benzene rings is 2. The van der Waals surface area contributed by atoms with Gasteiger partial charge in [0, 0.05) is 18.7 Å². The Hall–Kier alpha value is -2.44. The molecule has 1 fully saturated rings. The number of carbonyl (C=O) groups excluding carboxylic acids is 1.